The Balaban J connectivity index is -0.0000000450. The molecule has 0 aliphatic rings. The Labute approximate surface area is 53.5 Å². The third-order valence-corrected chi connectivity index (χ3v) is 0. The van der Waals surface area contributed by atoms with Crippen LogP contribution in [0.25, 0.3) is 0 Å². The number of hydrogen-bond acceptors (Lipinski definition) is 2. The van der Waals surface area contributed by atoms with E-state index in [0.29, 0.717) is 0 Å². The fourth-order valence-electron chi connectivity index (χ4n) is 0. The van der Waals surface area contributed by atoms with Crippen molar-refractivity contribution in [3.63, 3.8) is 0 Å². The molecule has 0 bridgehead atoms. The van der Waals surface area contributed by atoms with Crippen LogP contribution in [0, 0.1) is 0 Å². The zero-order valence-corrected chi connectivity index (χ0v) is 2.51. The van der Waals surface area contributed by atoms with E-state index >= 15 is 0 Å². The van der Waals surface area contributed by atoms with Crippen molar-refractivity contribution in [2.24, 2.45) is 0 Å². The van der Waals surface area contributed by atoms with Crippen molar-refractivity contribution < 1.29 is 15.0 Å². The normalized spacial score (nSPS) is 4.00. The average Bonchev–Trinajstić information content (AvgIpc) is 0.811. The van der Waals surface area contributed by atoms with E-state index in [0.717, 1.165) is 0 Å². The first-order valence-corrected chi connectivity index (χ1v) is 0.651. The molecule has 0 aliphatic carbocycles. The van der Waals surface area contributed by atoms with Crippen LogP contribution in [0.2, 0.25) is 0 Å². The Morgan fingerprint density at radius 3 is 1.33 bits per heavy atom. The fourth-order valence-corrected chi connectivity index (χ4v) is 0. The van der Waals surface area contributed by atoms with Crippen molar-refractivity contribution in [1.82, 2.24) is 6.15 Å². The van der Waals surface area contributed by atoms with Gasteiger partial charge in [0.2, 0.25) is 0 Å². The zero-order valence-electron chi connectivity index (χ0n) is 2.51. The molecule has 0 fully saturated rings. The molecular weight excluding hydrogens is 189 g/mol. The van der Waals surface area contributed by atoms with Crippen molar-refractivity contribution >= 4 is 32.0 Å². The third-order valence-electron chi connectivity index (χ3n) is 0. The van der Waals surface area contributed by atoms with Gasteiger partial charge in [0.05, 0.1) is 0 Å². The van der Waals surface area contributed by atoms with Gasteiger partial charge in [-0.3, -0.25) is 0 Å². The fraction of sp³-hybridized carbons (Fsp3) is 0. The standard InChI is InChI=1S/CH2O3.In.H3N.3H/c2-1(3)4;;;;;/h(H2,2,3,4);;1H3;;;. The minimum absolute atomic E-state index is 0. The summed E-state index contributed by atoms with van der Waals surface area (Å²) in [5, 5.41) is 13.9. The predicted octanol–water partition coefficient (Wildman–Crippen LogP) is -0.800. The van der Waals surface area contributed by atoms with Crippen LogP contribution in [0.4, 0.5) is 4.79 Å². The first kappa shape index (κ1) is 16.5. The molecule has 0 atom stereocenters. The van der Waals surface area contributed by atoms with Gasteiger partial charge in [-0.15, -0.1) is 0 Å². The first-order chi connectivity index (χ1) is 1.73. The molecule has 0 rings (SSSR count). The Bertz CT molecular complexity index is 33.8. The van der Waals surface area contributed by atoms with Gasteiger partial charge in [-0.05, 0) is 0 Å². The molecule has 5 N–H and O–H groups in total. The van der Waals surface area contributed by atoms with E-state index in [1.54, 1.807) is 0 Å². The van der Waals surface area contributed by atoms with Gasteiger partial charge < -0.3 is 16.4 Å². The van der Waals surface area contributed by atoms with E-state index in [4.69, 9.17) is 15.0 Å². The molecule has 6 heavy (non-hydrogen) atoms. The molecular formula is CH8InNO3. The van der Waals surface area contributed by atoms with E-state index in [1.807, 2.05) is 0 Å². The Kier molecular flexibility index (Phi) is 24.5. The molecule has 0 saturated heterocycles. The first-order valence-electron chi connectivity index (χ1n) is 0.651. The van der Waals surface area contributed by atoms with Crippen LogP contribution < -0.4 is 6.15 Å². The molecule has 0 aromatic rings. The number of carboxylic acid groups (broad SMARTS) is 2. The molecule has 0 aliphatic heterocycles. The summed E-state index contributed by atoms with van der Waals surface area (Å²) < 4.78 is 0. The minimum atomic E-state index is -1.83. The monoisotopic (exact) mass is 197 g/mol. The van der Waals surface area contributed by atoms with Gasteiger partial charge in [0, 0.05) is 0 Å². The summed E-state index contributed by atoms with van der Waals surface area (Å²) >= 11 is 0. The van der Waals surface area contributed by atoms with Gasteiger partial charge in [0.1, 0.15) is 0 Å². The second-order valence-electron chi connectivity index (χ2n) is 0.283. The van der Waals surface area contributed by atoms with E-state index < -0.39 is 6.16 Å². The molecule has 4 nitrogen and oxygen atoms in total. The van der Waals surface area contributed by atoms with Crippen LogP contribution in [0.15, 0.2) is 0 Å². The zero-order chi connectivity index (χ0) is 3.58. The quantitative estimate of drug-likeness (QED) is 0.473. The summed E-state index contributed by atoms with van der Waals surface area (Å²) in [6.07, 6.45) is -1.83. The summed E-state index contributed by atoms with van der Waals surface area (Å²) in [5.74, 6) is 0. The molecule has 0 saturated carbocycles. The van der Waals surface area contributed by atoms with E-state index in [2.05, 4.69) is 0 Å². The van der Waals surface area contributed by atoms with E-state index in [1.165, 1.54) is 0 Å². The van der Waals surface area contributed by atoms with Crippen molar-refractivity contribution in [3.05, 3.63) is 0 Å². The van der Waals surface area contributed by atoms with Gasteiger partial charge in [0.15, 0.2) is 0 Å². The Hall–Kier alpha value is 0.100. The van der Waals surface area contributed by atoms with Crippen LogP contribution in [0.1, 0.15) is 0 Å². The van der Waals surface area contributed by atoms with Gasteiger partial charge in [-0.25, -0.2) is 4.79 Å². The summed E-state index contributed by atoms with van der Waals surface area (Å²) in [6, 6.07) is 0. The number of hydrogen-bond donors (Lipinski definition) is 3. The topological polar surface area (TPSA) is 92.5 Å². The van der Waals surface area contributed by atoms with Crippen LogP contribution in [-0.2, 0) is 0 Å². The van der Waals surface area contributed by atoms with Crippen LogP contribution in [0.5, 0.6) is 0 Å². The molecule has 0 aromatic carbocycles. The molecule has 0 spiro atoms. The second kappa shape index (κ2) is 8.92. The average molecular weight is 197 g/mol. The number of carbonyl (C=O) groups is 1. The summed E-state index contributed by atoms with van der Waals surface area (Å²) in [6.45, 7) is 0. The SMILES string of the molecule is N.O=C(O)O.[InH3]. The maximum absolute atomic E-state index is 8.56. The summed E-state index contributed by atoms with van der Waals surface area (Å²) in [4.78, 5) is 8.56. The molecule has 0 radical (unpaired) electrons. The molecule has 0 unspecified atom stereocenters. The molecule has 0 amide bonds. The van der Waals surface area contributed by atoms with E-state index in [-0.39, 0.29) is 32.0 Å². The van der Waals surface area contributed by atoms with Crippen LogP contribution in [-0.4, -0.2) is 42.2 Å². The Morgan fingerprint density at radius 2 is 1.33 bits per heavy atom. The van der Waals surface area contributed by atoms with Crippen LogP contribution in [0.3, 0.4) is 0 Å². The van der Waals surface area contributed by atoms with Gasteiger partial charge in [-0.1, -0.05) is 0 Å². The Morgan fingerprint density at radius 1 is 1.33 bits per heavy atom. The van der Waals surface area contributed by atoms with Gasteiger partial charge >= 0.3 is 32.0 Å². The summed E-state index contributed by atoms with van der Waals surface area (Å²) in [5.41, 5.74) is 0. The third kappa shape index (κ3) is 3930. The van der Waals surface area contributed by atoms with Crippen LogP contribution >= 0.6 is 0 Å². The summed E-state index contributed by atoms with van der Waals surface area (Å²) in [7, 11) is 0. The predicted molar refractivity (Wildman–Crippen MR) is 25.6 cm³/mol. The molecule has 5 heteroatoms. The second-order valence-corrected chi connectivity index (χ2v) is 0.283. The van der Waals surface area contributed by atoms with Crippen molar-refractivity contribution in [2.75, 3.05) is 0 Å². The molecule has 0 aromatic heterocycles. The van der Waals surface area contributed by atoms with Crippen molar-refractivity contribution in [1.29, 1.82) is 0 Å². The molecule has 38 valence electrons. The van der Waals surface area contributed by atoms with Gasteiger partial charge in [-0.2, -0.15) is 0 Å². The maximum atomic E-state index is 8.56. The van der Waals surface area contributed by atoms with E-state index in [9.17, 15) is 0 Å². The van der Waals surface area contributed by atoms with Gasteiger partial charge in [0.25, 0.3) is 0 Å². The number of rotatable bonds is 0. The van der Waals surface area contributed by atoms with Crippen molar-refractivity contribution in [3.8, 4) is 0 Å². The molecule has 0 heterocycles. The van der Waals surface area contributed by atoms with Crippen molar-refractivity contribution in [2.45, 2.75) is 0 Å².